The van der Waals surface area contributed by atoms with E-state index in [-0.39, 0.29) is 0 Å². The number of benzene rings is 1. The van der Waals surface area contributed by atoms with Crippen LogP contribution in [0.1, 0.15) is 11.6 Å². The number of nitrogens with one attached hydrogen (secondary N) is 2. The summed E-state index contributed by atoms with van der Waals surface area (Å²) in [6.07, 6.45) is 1.93. The van der Waals surface area contributed by atoms with Crippen molar-refractivity contribution in [1.29, 1.82) is 0 Å². The minimum atomic E-state index is -1.08. The van der Waals surface area contributed by atoms with Crippen LogP contribution in [0.3, 0.4) is 0 Å². The third-order valence-corrected chi connectivity index (χ3v) is 2.86. The summed E-state index contributed by atoms with van der Waals surface area (Å²) in [5, 5.41) is 14.1. The van der Waals surface area contributed by atoms with Gasteiger partial charge in [-0.15, -0.1) is 0 Å². The molecule has 5 nitrogen and oxygen atoms in total. The van der Waals surface area contributed by atoms with Crippen LogP contribution in [0.5, 0.6) is 0 Å². The van der Waals surface area contributed by atoms with Crippen LogP contribution in [0, 0.1) is 0 Å². The second-order valence-corrected chi connectivity index (χ2v) is 4.56. The van der Waals surface area contributed by atoms with Crippen molar-refractivity contribution in [3.05, 3.63) is 35.9 Å². The molecule has 3 N–H and O–H groups in total. The monoisotopic (exact) mass is 268 g/mol. The van der Waals surface area contributed by atoms with E-state index in [2.05, 4.69) is 10.6 Å². The van der Waals surface area contributed by atoms with Crippen molar-refractivity contribution in [2.45, 2.75) is 6.04 Å². The van der Waals surface area contributed by atoms with Gasteiger partial charge in [0.25, 0.3) is 0 Å². The molecule has 0 heterocycles. The molecule has 1 aromatic carbocycles. The number of aliphatic carboxylic acids is 1. The molecular weight excluding hydrogens is 252 g/mol. The quantitative estimate of drug-likeness (QED) is 0.683. The maximum atomic E-state index is 11.5. The SMILES string of the molecule is CSCCNC(=O)NC(C(=O)O)c1ccccc1. The molecule has 1 atom stereocenters. The number of carbonyl (C=O) groups is 2. The Morgan fingerprint density at radius 2 is 2.00 bits per heavy atom. The van der Waals surface area contributed by atoms with Crippen molar-refractivity contribution in [3.63, 3.8) is 0 Å². The molecule has 2 amide bonds. The molecule has 0 aliphatic carbocycles. The molecule has 0 saturated heterocycles. The molecule has 0 saturated carbocycles. The number of hydrogen-bond acceptors (Lipinski definition) is 3. The Morgan fingerprint density at radius 3 is 2.56 bits per heavy atom. The zero-order valence-corrected chi connectivity index (χ0v) is 10.9. The van der Waals surface area contributed by atoms with E-state index in [0.29, 0.717) is 12.1 Å². The normalized spacial score (nSPS) is 11.6. The highest BCUT2D eigenvalue weighted by Gasteiger charge is 2.21. The zero-order chi connectivity index (χ0) is 13.4. The van der Waals surface area contributed by atoms with E-state index in [1.807, 2.05) is 6.26 Å². The van der Waals surface area contributed by atoms with Crippen molar-refractivity contribution < 1.29 is 14.7 Å². The van der Waals surface area contributed by atoms with Crippen molar-refractivity contribution in [3.8, 4) is 0 Å². The lowest BCUT2D eigenvalue weighted by molar-refractivity contribution is -0.139. The number of carbonyl (C=O) groups excluding carboxylic acids is 1. The van der Waals surface area contributed by atoms with Crippen LogP contribution < -0.4 is 10.6 Å². The second kappa shape index (κ2) is 7.60. The average molecular weight is 268 g/mol. The third-order valence-electron chi connectivity index (χ3n) is 2.25. The van der Waals surface area contributed by atoms with Crippen LogP contribution in [0.4, 0.5) is 4.79 Å². The fourth-order valence-corrected chi connectivity index (χ4v) is 1.69. The van der Waals surface area contributed by atoms with E-state index in [0.717, 1.165) is 5.75 Å². The highest BCUT2D eigenvalue weighted by molar-refractivity contribution is 7.98. The molecule has 0 spiro atoms. The Bertz CT molecular complexity index is 398. The van der Waals surface area contributed by atoms with Gasteiger partial charge in [0, 0.05) is 12.3 Å². The summed E-state index contributed by atoms with van der Waals surface area (Å²) in [4.78, 5) is 22.6. The molecule has 1 rings (SSSR count). The van der Waals surface area contributed by atoms with Crippen LogP contribution in [-0.2, 0) is 4.79 Å². The Kier molecular flexibility index (Phi) is 6.07. The molecule has 1 unspecified atom stereocenters. The van der Waals surface area contributed by atoms with Crippen LogP contribution in [0.2, 0.25) is 0 Å². The van der Waals surface area contributed by atoms with Gasteiger partial charge >= 0.3 is 12.0 Å². The standard InChI is InChI=1S/C12H16N2O3S/c1-18-8-7-13-12(17)14-10(11(15)16)9-5-3-2-4-6-9/h2-6,10H,7-8H2,1H3,(H,15,16)(H2,13,14,17). The number of thioether (sulfide) groups is 1. The van der Waals surface area contributed by atoms with Crippen molar-refractivity contribution in [2.24, 2.45) is 0 Å². The Hall–Kier alpha value is -1.69. The largest absolute Gasteiger partial charge is 0.479 e. The first-order valence-electron chi connectivity index (χ1n) is 5.46. The Morgan fingerprint density at radius 1 is 1.33 bits per heavy atom. The summed E-state index contributed by atoms with van der Waals surface area (Å²) in [6.45, 7) is 0.508. The lowest BCUT2D eigenvalue weighted by Gasteiger charge is -2.15. The maximum absolute atomic E-state index is 11.5. The number of carboxylic acid groups (broad SMARTS) is 1. The topological polar surface area (TPSA) is 78.4 Å². The summed E-state index contributed by atoms with van der Waals surface area (Å²) in [5.41, 5.74) is 0.546. The van der Waals surface area contributed by atoms with Crippen molar-refractivity contribution in [2.75, 3.05) is 18.6 Å². The Labute approximate surface area is 110 Å². The van der Waals surface area contributed by atoms with E-state index >= 15 is 0 Å². The first-order valence-corrected chi connectivity index (χ1v) is 6.85. The van der Waals surface area contributed by atoms with Gasteiger partial charge in [-0.25, -0.2) is 9.59 Å². The molecule has 6 heteroatoms. The lowest BCUT2D eigenvalue weighted by atomic mass is 10.1. The van der Waals surface area contributed by atoms with Crippen LogP contribution >= 0.6 is 11.8 Å². The van der Waals surface area contributed by atoms with Gasteiger partial charge < -0.3 is 15.7 Å². The fourth-order valence-electron chi connectivity index (χ4n) is 1.38. The summed E-state index contributed by atoms with van der Waals surface area (Å²) in [6, 6.07) is 7.10. The summed E-state index contributed by atoms with van der Waals surface area (Å²) >= 11 is 1.61. The second-order valence-electron chi connectivity index (χ2n) is 3.57. The Balaban J connectivity index is 2.59. The molecule has 0 aliphatic rings. The first kappa shape index (κ1) is 14.4. The highest BCUT2D eigenvalue weighted by atomic mass is 32.2. The highest BCUT2D eigenvalue weighted by Crippen LogP contribution is 2.12. The number of urea groups is 1. The molecule has 0 fully saturated rings. The molecule has 0 bridgehead atoms. The van der Waals surface area contributed by atoms with Crippen LogP contribution in [-0.4, -0.2) is 35.7 Å². The number of hydrogen-bond donors (Lipinski definition) is 3. The molecular formula is C12H16N2O3S. The van der Waals surface area contributed by atoms with Crippen LogP contribution in [0.15, 0.2) is 30.3 Å². The van der Waals surface area contributed by atoms with E-state index in [1.54, 1.807) is 42.1 Å². The molecule has 0 aliphatic heterocycles. The van der Waals surface area contributed by atoms with Crippen molar-refractivity contribution >= 4 is 23.8 Å². The molecule has 0 aromatic heterocycles. The molecule has 1 aromatic rings. The van der Waals surface area contributed by atoms with Gasteiger partial charge in [-0.3, -0.25) is 0 Å². The van der Waals surface area contributed by atoms with Gasteiger partial charge in [0.15, 0.2) is 6.04 Å². The number of amides is 2. The number of rotatable bonds is 6. The van der Waals surface area contributed by atoms with Gasteiger partial charge in [0.1, 0.15) is 0 Å². The summed E-state index contributed by atoms with van der Waals surface area (Å²) < 4.78 is 0. The summed E-state index contributed by atoms with van der Waals surface area (Å²) in [5.74, 6) is -0.294. The van der Waals surface area contributed by atoms with E-state index in [9.17, 15) is 9.59 Å². The number of carboxylic acids is 1. The average Bonchev–Trinajstić information content (AvgIpc) is 2.37. The smallest absolute Gasteiger partial charge is 0.330 e. The fraction of sp³-hybridized carbons (Fsp3) is 0.333. The minimum Gasteiger partial charge on any atom is -0.479 e. The van der Waals surface area contributed by atoms with E-state index in [4.69, 9.17) is 5.11 Å². The van der Waals surface area contributed by atoms with Crippen LogP contribution in [0.25, 0.3) is 0 Å². The van der Waals surface area contributed by atoms with Gasteiger partial charge in [-0.1, -0.05) is 30.3 Å². The van der Waals surface area contributed by atoms with Gasteiger partial charge in [-0.05, 0) is 11.8 Å². The third kappa shape index (κ3) is 4.67. The first-order chi connectivity index (χ1) is 8.65. The molecule has 18 heavy (non-hydrogen) atoms. The zero-order valence-electron chi connectivity index (χ0n) is 10.1. The van der Waals surface area contributed by atoms with E-state index < -0.39 is 18.0 Å². The van der Waals surface area contributed by atoms with Gasteiger partial charge in [0.2, 0.25) is 0 Å². The minimum absolute atomic E-state index is 0.472. The van der Waals surface area contributed by atoms with E-state index in [1.165, 1.54) is 0 Å². The summed E-state index contributed by atoms with van der Waals surface area (Å²) in [7, 11) is 0. The predicted molar refractivity (Wildman–Crippen MR) is 71.7 cm³/mol. The predicted octanol–water partition coefficient (Wildman–Crippen LogP) is 1.47. The maximum Gasteiger partial charge on any atom is 0.330 e. The lowest BCUT2D eigenvalue weighted by Crippen LogP contribution is -2.41. The van der Waals surface area contributed by atoms with Gasteiger partial charge in [-0.2, -0.15) is 11.8 Å². The van der Waals surface area contributed by atoms with Crippen molar-refractivity contribution in [1.82, 2.24) is 10.6 Å². The van der Waals surface area contributed by atoms with Gasteiger partial charge in [0.05, 0.1) is 0 Å². The molecule has 0 radical (unpaired) electrons. The molecule has 98 valence electrons.